The average Bonchev–Trinajstić information content (AvgIpc) is 3.37. The van der Waals surface area contributed by atoms with Gasteiger partial charge in [-0.2, -0.15) is 0 Å². The maximum Gasteiger partial charge on any atom is 0.306 e. The molecule has 0 rings (SSSR count). The summed E-state index contributed by atoms with van der Waals surface area (Å²) in [6.07, 6.45) is 83.8. The minimum absolute atomic E-state index is 0.142. The van der Waals surface area contributed by atoms with Gasteiger partial charge in [0.1, 0.15) is 13.2 Å². The van der Waals surface area contributed by atoms with Crippen molar-refractivity contribution in [3.8, 4) is 0 Å². The first-order valence-electron chi connectivity index (χ1n) is 28.0. The normalized spacial score (nSPS) is 13.3. The summed E-state index contributed by atoms with van der Waals surface area (Å²) < 4.78 is 16.7. The van der Waals surface area contributed by atoms with E-state index in [9.17, 15) is 14.4 Å². The largest absolute Gasteiger partial charge is 0.462 e. The van der Waals surface area contributed by atoms with Crippen LogP contribution in [0.2, 0.25) is 0 Å². The predicted molar refractivity (Wildman–Crippen MR) is 306 cm³/mol. The van der Waals surface area contributed by atoms with Gasteiger partial charge in [-0.05, 0) is 141 Å². The van der Waals surface area contributed by atoms with E-state index in [2.05, 4.69) is 179 Å². The Labute approximate surface area is 435 Å². The van der Waals surface area contributed by atoms with E-state index in [1.807, 2.05) is 0 Å². The van der Waals surface area contributed by atoms with E-state index in [1.165, 1.54) is 51.4 Å². The van der Waals surface area contributed by atoms with Crippen LogP contribution in [0.4, 0.5) is 0 Å². The number of unbranched alkanes of at least 4 members (excludes halogenated alkanes) is 11. The summed E-state index contributed by atoms with van der Waals surface area (Å²) in [5.74, 6) is -1.10. The van der Waals surface area contributed by atoms with E-state index in [0.29, 0.717) is 19.3 Å². The topological polar surface area (TPSA) is 78.9 Å². The first-order chi connectivity index (χ1) is 35.0. The molecule has 71 heavy (non-hydrogen) atoms. The zero-order valence-electron chi connectivity index (χ0n) is 45.2. The quantitative estimate of drug-likeness (QED) is 0.0262. The van der Waals surface area contributed by atoms with Gasteiger partial charge in [-0.1, -0.05) is 211 Å². The van der Waals surface area contributed by atoms with E-state index in [0.717, 1.165) is 109 Å². The van der Waals surface area contributed by atoms with Crippen molar-refractivity contribution in [1.82, 2.24) is 0 Å². The van der Waals surface area contributed by atoms with Gasteiger partial charge in [0.25, 0.3) is 0 Å². The summed E-state index contributed by atoms with van der Waals surface area (Å²) in [6.45, 7) is 6.32. The van der Waals surface area contributed by atoms with Crippen molar-refractivity contribution in [1.29, 1.82) is 0 Å². The van der Waals surface area contributed by atoms with Crippen molar-refractivity contribution in [2.75, 3.05) is 13.2 Å². The number of carbonyl (C=O) groups excluding carboxylic acids is 3. The Hall–Kier alpha value is -4.97. The highest BCUT2D eigenvalue weighted by atomic mass is 16.6. The van der Waals surface area contributed by atoms with Crippen LogP contribution >= 0.6 is 0 Å². The smallest absolute Gasteiger partial charge is 0.306 e. The Bertz CT molecular complexity index is 1640. The molecule has 0 fully saturated rings. The lowest BCUT2D eigenvalue weighted by atomic mass is 10.1. The van der Waals surface area contributed by atoms with Crippen LogP contribution in [0.5, 0.6) is 0 Å². The van der Waals surface area contributed by atoms with Gasteiger partial charge >= 0.3 is 17.9 Å². The van der Waals surface area contributed by atoms with Crippen LogP contribution in [-0.4, -0.2) is 37.2 Å². The second kappa shape index (κ2) is 57.6. The fraction of sp³-hybridized carbons (Fsp3) is 0.554. The first kappa shape index (κ1) is 66.0. The van der Waals surface area contributed by atoms with Crippen LogP contribution in [-0.2, 0) is 28.6 Å². The van der Waals surface area contributed by atoms with Crippen molar-refractivity contribution in [3.63, 3.8) is 0 Å². The monoisotopic (exact) mass is 977 g/mol. The zero-order chi connectivity index (χ0) is 51.4. The van der Waals surface area contributed by atoms with Crippen molar-refractivity contribution >= 4 is 17.9 Å². The van der Waals surface area contributed by atoms with Gasteiger partial charge in [-0.3, -0.25) is 14.4 Å². The molecule has 396 valence electrons. The number of carbonyl (C=O) groups is 3. The number of allylic oxidation sites excluding steroid dienone is 26. The third-order valence-electron chi connectivity index (χ3n) is 11.0. The van der Waals surface area contributed by atoms with Crippen molar-refractivity contribution < 1.29 is 28.6 Å². The Morgan fingerprint density at radius 1 is 0.296 bits per heavy atom. The van der Waals surface area contributed by atoms with Crippen LogP contribution in [0.1, 0.15) is 213 Å². The number of hydrogen-bond acceptors (Lipinski definition) is 6. The fourth-order valence-electron chi connectivity index (χ4n) is 6.80. The Morgan fingerprint density at radius 2 is 0.563 bits per heavy atom. The molecule has 1 atom stereocenters. The molecule has 0 heterocycles. The van der Waals surface area contributed by atoms with Crippen LogP contribution in [0, 0.1) is 0 Å². The van der Waals surface area contributed by atoms with Gasteiger partial charge in [-0.15, -0.1) is 0 Å². The molecule has 0 aliphatic heterocycles. The maximum atomic E-state index is 12.8. The Kier molecular flexibility index (Phi) is 53.6. The molecule has 0 spiro atoms. The molecule has 0 saturated carbocycles. The summed E-state index contributed by atoms with van der Waals surface area (Å²) in [4.78, 5) is 38.1. The highest BCUT2D eigenvalue weighted by molar-refractivity contribution is 5.71. The zero-order valence-corrected chi connectivity index (χ0v) is 45.2. The standard InChI is InChI=1S/C65H100O6/c1-4-7-10-13-16-19-22-25-28-31-32-35-37-40-43-46-49-52-55-58-64(67)70-61-62(71-65(68)59-56-53-50-47-44-41-38-34-30-27-24-21-18-15-12-9-6-3)60-69-63(66)57-54-51-48-45-42-39-36-33-29-26-23-20-17-14-11-8-5-2/h9,12,16-21,25-30,32,35-36,38-41,43,45,47-48,50,62H,4-8,10-11,13-15,22-24,31,33-34,37,42,44,46,49,51-61H2,1-3H3/b12-9-,19-16-,20-17-,21-18-,28-25-,29-26-,30-27-,35-32-,39-36-,41-38-,43-40-,48-45-,50-47-/t62-/m0/s1. The highest BCUT2D eigenvalue weighted by Gasteiger charge is 2.19. The summed E-state index contributed by atoms with van der Waals surface area (Å²) in [6, 6.07) is 0. The van der Waals surface area contributed by atoms with E-state index in [1.54, 1.807) is 0 Å². The molecule has 0 unspecified atom stereocenters. The first-order valence-corrected chi connectivity index (χ1v) is 28.0. The lowest BCUT2D eigenvalue weighted by Crippen LogP contribution is -2.30. The van der Waals surface area contributed by atoms with Crippen LogP contribution in [0.15, 0.2) is 158 Å². The Balaban J connectivity index is 4.66. The lowest BCUT2D eigenvalue weighted by molar-refractivity contribution is -0.167. The lowest BCUT2D eigenvalue weighted by Gasteiger charge is -2.18. The van der Waals surface area contributed by atoms with Crippen LogP contribution < -0.4 is 0 Å². The second-order valence-corrected chi connectivity index (χ2v) is 17.7. The maximum absolute atomic E-state index is 12.8. The molecule has 0 aromatic carbocycles. The number of hydrogen-bond donors (Lipinski definition) is 0. The molecule has 0 amide bonds. The summed E-state index contributed by atoms with van der Waals surface area (Å²) in [5, 5.41) is 0. The van der Waals surface area contributed by atoms with Crippen molar-refractivity contribution in [3.05, 3.63) is 158 Å². The predicted octanol–water partition coefficient (Wildman–Crippen LogP) is 19.0. The van der Waals surface area contributed by atoms with Gasteiger partial charge in [-0.25, -0.2) is 0 Å². The number of rotatable bonds is 48. The fourth-order valence-corrected chi connectivity index (χ4v) is 6.80. The number of ether oxygens (including phenoxy) is 3. The average molecular weight is 978 g/mol. The molecule has 6 nitrogen and oxygen atoms in total. The summed E-state index contributed by atoms with van der Waals surface area (Å²) >= 11 is 0. The van der Waals surface area contributed by atoms with Crippen LogP contribution in [0.3, 0.4) is 0 Å². The van der Waals surface area contributed by atoms with Gasteiger partial charge in [0.15, 0.2) is 6.10 Å². The summed E-state index contributed by atoms with van der Waals surface area (Å²) in [5.41, 5.74) is 0. The highest BCUT2D eigenvalue weighted by Crippen LogP contribution is 2.10. The molecular weight excluding hydrogens is 877 g/mol. The molecule has 0 aliphatic rings. The SMILES string of the molecule is CC/C=C\C/C=C\C/C=C\C/C=C\C/C=C\CCCC(=O)O[C@@H](COC(=O)CCC/C=C\C/C=C\C/C=C\C/C=C\CCCCC)COC(=O)CCCCC/C=C\C/C=C\C/C=C\C/C=C\CCCCC. The van der Waals surface area contributed by atoms with Crippen LogP contribution in [0.25, 0.3) is 0 Å². The van der Waals surface area contributed by atoms with Gasteiger partial charge < -0.3 is 14.2 Å². The molecule has 0 radical (unpaired) electrons. The third-order valence-corrected chi connectivity index (χ3v) is 11.0. The van der Waals surface area contributed by atoms with E-state index >= 15 is 0 Å². The third kappa shape index (κ3) is 55.8. The molecule has 0 N–H and O–H groups in total. The second-order valence-electron chi connectivity index (χ2n) is 17.7. The Morgan fingerprint density at radius 3 is 0.887 bits per heavy atom. The van der Waals surface area contributed by atoms with Gasteiger partial charge in [0.05, 0.1) is 0 Å². The van der Waals surface area contributed by atoms with Gasteiger partial charge in [0.2, 0.25) is 0 Å². The van der Waals surface area contributed by atoms with E-state index < -0.39 is 12.1 Å². The number of esters is 3. The summed E-state index contributed by atoms with van der Waals surface area (Å²) in [7, 11) is 0. The minimum Gasteiger partial charge on any atom is -0.462 e. The molecule has 0 saturated heterocycles. The van der Waals surface area contributed by atoms with E-state index in [-0.39, 0.29) is 38.0 Å². The molecule has 0 aromatic rings. The molecule has 0 bridgehead atoms. The molecule has 6 heteroatoms. The van der Waals surface area contributed by atoms with Crippen molar-refractivity contribution in [2.24, 2.45) is 0 Å². The molecular formula is C65H100O6. The minimum atomic E-state index is -0.852. The molecule has 0 aliphatic carbocycles. The van der Waals surface area contributed by atoms with Crippen molar-refractivity contribution in [2.45, 2.75) is 219 Å². The van der Waals surface area contributed by atoms with Gasteiger partial charge in [0, 0.05) is 19.3 Å². The molecule has 0 aromatic heterocycles. The van der Waals surface area contributed by atoms with E-state index in [4.69, 9.17) is 14.2 Å².